The van der Waals surface area contributed by atoms with Gasteiger partial charge in [-0.05, 0) is 42.7 Å². The minimum Gasteiger partial charge on any atom is -0.454 e. The summed E-state index contributed by atoms with van der Waals surface area (Å²) in [6.45, 7) is 0.217. The van der Waals surface area contributed by atoms with E-state index in [0.717, 1.165) is 18.4 Å². The molecule has 1 amide bonds. The van der Waals surface area contributed by atoms with E-state index in [1.54, 1.807) is 12.1 Å². The van der Waals surface area contributed by atoms with Crippen LogP contribution in [0.3, 0.4) is 0 Å². The van der Waals surface area contributed by atoms with Crippen molar-refractivity contribution in [2.75, 3.05) is 12.1 Å². The van der Waals surface area contributed by atoms with Gasteiger partial charge >= 0.3 is 0 Å². The Hall–Kier alpha value is -3.07. The molecule has 6 heteroatoms. The van der Waals surface area contributed by atoms with Crippen molar-refractivity contribution < 1.29 is 14.3 Å². The highest BCUT2D eigenvalue weighted by molar-refractivity contribution is 6.01. The van der Waals surface area contributed by atoms with Gasteiger partial charge in [0, 0.05) is 0 Å². The Balaban J connectivity index is 1.56. The Morgan fingerprint density at radius 1 is 1.22 bits per heavy atom. The molecule has 1 aliphatic heterocycles. The number of aromatic nitrogens is 1. The van der Waals surface area contributed by atoms with Crippen LogP contribution in [0.4, 0.5) is 5.69 Å². The van der Waals surface area contributed by atoms with E-state index in [9.17, 15) is 4.79 Å². The van der Waals surface area contributed by atoms with Crippen molar-refractivity contribution in [3.05, 3.63) is 47.8 Å². The molecule has 2 aromatic rings. The lowest BCUT2D eigenvalue weighted by molar-refractivity contribution is -0.118. The molecule has 0 atom stereocenters. The normalized spacial score (nSPS) is 16.5. The van der Waals surface area contributed by atoms with Crippen LogP contribution in [-0.4, -0.2) is 17.7 Å². The quantitative estimate of drug-likeness (QED) is 0.941. The molecule has 2 aliphatic rings. The third-order valence-electron chi connectivity index (χ3n) is 4.25. The molecule has 4 rings (SSSR count). The fraction of sp³-hybridized carbons (Fsp3) is 0.235. The number of hydrogen-bond donors (Lipinski definition) is 1. The zero-order chi connectivity index (χ0) is 15.9. The van der Waals surface area contributed by atoms with E-state index in [-0.39, 0.29) is 12.7 Å². The molecule has 0 spiro atoms. The van der Waals surface area contributed by atoms with Crippen LogP contribution in [0.5, 0.6) is 11.5 Å². The van der Waals surface area contributed by atoms with Gasteiger partial charge in [0.2, 0.25) is 12.7 Å². The number of fused-ring (bicyclic) bond motifs is 1. The molecule has 1 N–H and O–H groups in total. The first-order chi connectivity index (χ1) is 11.2. The Labute approximate surface area is 132 Å². The number of rotatable bonds is 3. The largest absolute Gasteiger partial charge is 0.454 e. The topological polar surface area (TPSA) is 84.2 Å². The van der Waals surface area contributed by atoms with Gasteiger partial charge in [0.25, 0.3) is 0 Å². The summed E-state index contributed by atoms with van der Waals surface area (Å²) >= 11 is 0. The van der Waals surface area contributed by atoms with Crippen LogP contribution in [0.25, 0.3) is 0 Å². The molecule has 1 saturated carbocycles. The number of amides is 1. The summed E-state index contributed by atoms with van der Waals surface area (Å²) in [7, 11) is 0. The zero-order valence-corrected chi connectivity index (χ0v) is 12.2. The number of nitrogens with zero attached hydrogens (tertiary/aromatic N) is 2. The Bertz CT molecular complexity index is 820. The van der Waals surface area contributed by atoms with Gasteiger partial charge in [-0.25, -0.2) is 4.98 Å². The molecule has 23 heavy (non-hydrogen) atoms. The van der Waals surface area contributed by atoms with E-state index in [1.807, 2.05) is 24.3 Å². The van der Waals surface area contributed by atoms with Gasteiger partial charge in [-0.2, -0.15) is 5.26 Å². The van der Waals surface area contributed by atoms with Crippen molar-refractivity contribution in [1.29, 1.82) is 5.26 Å². The first-order valence-electron chi connectivity index (χ1n) is 7.29. The highest BCUT2D eigenvalue weighted by Gasteiger charge is 2.51. The highest BCUT2D eigenvalue weighted by Crippen LogP contribution is 2.51. The van der Waals surface area contributed by atoms with Crippen molar-refractivity contribution in [2.45, 2.75) is 18.3 Å². The molecule has 1 fully saturated rings. The summed E-state index contributed by atoms with van der Waals surface area (Å²) in [6.07, 6.45) is 3.08. The number of carbonyl (C=O) groups is 1. The lowest BCUT2D eigenvalue weighted by Gasteiger charge is -2.16. The van der Waals surface area contributed by atoms with E-state index >= 15 is 0 Å². The van der Waals surface area contributed by atoms with E-state index in [1.165, 1.54) is 6.20 Å². The van der Waals surface area contributed by atoms with Crippen LogP contribution < -0.4 is 14.8 Å². The van der Waals surface area contributed by atoms with Gasteiger partial charge < -0.3 is 14.8 Å². The maximum Gasteiger partial charge on any atom is 0.235 e. The van der Waals surface area contributed by atoms with Crippen LogP contribution in [0, 0.1) is 11.3 Å². The lowest BCUT2D eigenvalue weighted by atomic mass is 9.94. The minimum atomic E-state index is -0.519. The summed E-state index contributed by atoms with van der Waals surface area (Å²) in [6, 6.07) is 10.8. The monoisotopic (exact) mass is 307 g/mol. The second kappa shape index (κ2) is 4.99. The van der Waals surface area contributed by atoms with Crippen LogP contribution in [0.2, 0.25) is 0 Å². The number of nitriles is 1. The number of benzene rings is 1. The van der Waals surface area contributed by atoms with Crippen LogP contribution in [0.1, 0.15) is 24.1 Å². The van der Waals surface area contributed by atoms with Crippen molar-refractivity contribution in [2.24, 2.45) is 0 Å². The Morgan fingerprint density at radius 2 is 2.04 bits per heavy atom. The lowest BCUT2D eigenvalue weighted by Crippen LogP contribution is -2.27. The first kappa shape index (κ1) is 13.6. The van der Waals surface area contributed by atoms with Crippen molar-refractivity contribution in [3.63, 3.8) is 0 Å². The molecule has 114 valence electrons. The summed E-state index contributed by atoms with van der Waals surface area (Å²) in [5.74, 6) is 1.32. The molecular weight excluding hydrogens is 294 g/mol. The van der Waals surface area contributed by atoms with Gasteiger partial charge in [0.15, 0.2) is 11.5 Å². The van der Waals surface area contributed by atoms with Gasteiger partial charge in [-0.3, -0.25) is 4.79 Å². The van der Waals surface area contributed by atoms with Crippen molar-refractivity contribution >= 4 is 11.6 Å². The maximum absolute atomic E-state index is 12.7. The smallest absolute Gasteiger partial charge is 0.235 e. The number of anilines is 1. The number of nitrogens with one attached hydrogen (secondary N) is 1. The van der Waals surface area contributed by atoms with Crippen molar-refractivity contribution in [1.82, 2.24) is 4.98 Å². The molecule has 2 heterocycles. The van der Waals surface area contributed by atoms with Gasteiger partial charge in [-0.1, -0.05) is 6.07 Å². The van der Waals surface area contributed by atoms with Gasteiger partial charge in [0.1, 0.15) is 11.8 Å². The average molecular weight is 307 g/mol. The highest BCUT2D eigenvalue weighted by atomic mass is 16.7. The summed E-state index contributed by atoms with van der Waals surface area (Å²) in [5.41, 5.74) is 1.32. The van der Waals surface area contributed by atoms with E-state index in [4.69, 9.17) is 14.7 Å². The first-order valence-corrected chi connectivity index (χ1v) is 7.29. The van der Waals surface area contributed by atoms with Gasteiger partial charge in [0.05, 0.1) is 17.3 Å². The summed E-state index contributed by atoms with van der Waals surface area (Å²) in [4.78, 5) is 16.6. The second-order valence-electron chi connectivity index (χ2n) is 5.65. The molecule has 0 radical (unpaired) electrons. The molecular formula is C17H13N3O3. The fourth-order valence-electron chi connectivity index (χ4n) is 2.75. The predicted molar refractivity (Wildman–Crippen MR) is 81.1 cm³/mol. The number of hydrogen-bond acceptors (Lipinski definition) is 5. The SMILES string of the molecule is N#Cc1ccc(NC(=O)C2(c3ccc4c(c3)OCO4)CC2)cn1. The molecule has 0 saturated heterocycles. The molecule has 6 nitrogen and oxygen atoms in total. The fourth-order valence-corrected chi connectivity index (χ4v) is 2.75. The van der Waals surface area contributed by atoms with E-state index in [0.29, 0.717) is 22.9 Å². The molecule has 1 aliphatic carbocycles. The van der Waals surface area contributed by atoms with Crippen LogP contribution in [0.15, 0.2) is 36.5 Å². The predicted octanol–water partition coefficient (Wildman–Crippen LogP) is 2.35. The number of ether oxygens (including phenoxy) is 2. The number of carbonyl (C=O) groups excluding carboxylic acids is 1. The van der Waals surface area contributed by atoms with Crippen LogP contribution >= 0.6 is 0 Å². The van der Waals surface area contributed by atoms with E-state index in [2.05, 4.69) is 10.3 Å². The van der Waals surface area contributed by atoms with Crippen LogP contribution in [-0.2, 0) is 10.2 Å². The molecule has 0 bridgehead atoms. The van der Waals surface area contributed by atoms with Crippen molar-refractivity contribution in [3.8, 4) is 17.6 Å². The molecule has 1 aromatic carbocycles. The maximum atomic E-state index is 12.7. The average Bonchev–Trinajstić information content (AvgIpc) is 3.27. The second-order valence-corrected chi connectivity index (χ2v) is 5.65. The summed E-state index contributed by atoms with van der Waals surface area (Å²) in [5, 5.41) is 11.6. The van der Waals surface area contributed by atoms with E-state index < -0.39 is 5.41 Å². The Morgan fingerprint density at radius 3 is 2.74 bits per heavy atom. The minimum absolute atomic E-state index is 0.0668. The third-order valence-corrected chi connectivity index (χ3v) is 4.25. The molecule has 0 unspecified atom stereocenters. The molecule has 1 aromatic heterocycles. The standard InChI is InChI=1S/C17H13N3O3/c18-8-12-2-3-13(9-19-12)20-16(21)17(5-6-17)11-1-4-14-15(7-11)23-10-22-14/h1-4,7,9H,5-6,10H2,(H,20,21). The van der Waals surface area contributed by atoms with Gasteiger partial charge in [-0.15, -0.1) is 0 Å². The zero-order valence-electron chi connectivity index (χ0n) is 12.2. The summed E-state index contributed by atoms with van der Waals surface area (Å²) < 4.78 is 10.7. The third kappa shape index (κ3) is 2.27. The Kier molecular flexibility index (Phi) is 2.95. The number of pyridine rings is 1.